The molecule has 0 aliphatic carbocycles. The average molecular weight is 486 g/mol. The summed E-state index contributed by atoms with van der Waals surface area (Å²) < 4.78 is 22.1. The molecular weight excluding hydrogens is 450 g/mol. The maximum atomic E-state index is 13.1. The van der Waals surface area contributed by atoms with Crippen LogP contribution < -0.4 is 24.8 Å². The highest BCUT2D eigenvalue weighted by Crippen LogP contribution is 2.39. The minimum absolute atomic E-state index is 0.0523. The van der Waals surface area contributed by atoms with Gasteiger partial charge in [0.15, 0.2) is 11.5 Å². The molecule has 1 saturated heterocycles. The summed E-state index contributed by atoms with van der Waals surface area (Å²) in [4.78, 5) is 28.2. The summed E-state index contributed by atoms with van der Waals surface area (Å²) in [5.74, 6) is 0.381. The van der Waals surface area contributed by atoms with Gasteiger partial charge in [-0.25, -0.2) is 0 Å². The molecule has 9 nitrogen and oxygen atoms in total. The number of carbonyl (C=O) groups excluding carboxylic acids is 2. The number of nitrogens with zero attached hydrogens (tertiary/aromatic N) is 1. The minimum Gasteiger partial charge on any atom is -0.493 e. The minimum atomic E-state index is -0.835. The highest BCUT2D eigenvalue weighted by Gasteiger charge is 2.26. The van der Waals surface area contributed by atoms with Gasteiger partial charge in [0.25, 0.3) is 5.91 Å². The van der Waals surface area contributed by atoms with Crippen molar-refractivity contribution in [3.63, 3.8) is 0 Å². The van der Waals surface area contributed by atoms with E-state index in [1.165, 1.54) is 21.3 Å². The van der Waals surface area contributed by atoms with Gasteiger partial charge in [-0.05, 0) is 50.7 Å². The van der Waals surface area contributed by atoms with E-state index in [0.717, 1.165) is 31.5 Å². The van der Waals surface area contributed by atoms with Crippen molar-refractivity contribution in [2.24, 2.45) is 0 Å². The molecule has 2 aromatic carbocycles. The maximum absolute atomic E-state index is 13.1. The molecule has 0 bridgehead atoms. The fraction of sp³-hybridized carbons (Fsp3) is 0.462. The van der Waals surface area contributed by atoms with E-state index in [1.54, 1.807) is 12.1 Å². The number of benzene rings is 2. The van der Waals surface area contributed by atoms with Crippen LogP contribution in [0.1, 0.15) is 28.8 Å². The zero-order chi connectivity index (χ0) is 25.2. The molecule has 1 aliphatic rings. The third kappa shape index (κ3) is 7.34. The number of hydrogen-bond donors (Lipinski definition) is 2. The Labute approximate surface area is 206 Å². The van der Waals surface area contributed by atoms with E-state index < -0.39 is 11.9 Å². The molecule has 2 N–H and O–H groups in total. The Morgan fingerprint density at radius 3 is 2.23 bits per heavy atom. The zero-order valence-corrected chi connectivity index (χ0v) is 20.8. The second-order valence-corrected chi connectivity index (χ2v) is 8.55. The SMILES string of the molecule is COC[C@H](NC(=O)c1cc(OC)c(OCc2ccccc2)c(OC)c1)C(=O)NC1CCN(C)CC1. The number of hydrogen-bond acceptors (Lipinski definition) is 7. The predicted molar refractivity (Wildman–Crippen MR) is 132 cm³/mol. The van der Waals surface area contributed by atoms with E-state index in [-0.39, 0.29) is 24.1 Å². The highest BCUT2D eigenvalue weighted by atomic mass is 16.5. The molecule has 1 fully saturated rings. The van der Waals surface area contributed by atoms with Crippen molar-refractivity contribution in [3.8, 4) is 17.2 Å². The Morgan fingerprint density at radius 1 is 1.03 bits per heavy atom. The number of rotatable bonds is 11. The normalized spacial score (nSPS) is 15.2. The molecule has 0 unspecified atom stereocenters. The van der Waals surface area contributed by atoms with Crippen LogP contribution in [0, 0.1) is 0 Å². The number of amides is 2. The fourth-order valence-corrected chi connectivity index (χ4v) is 3.93. The first-order chi connectivity index (χ1) is 16.9. The van der Waals surface area contributed by atoms with Gasteiger partial charge in [-0.2, -0.15) is 0 Å². The lowest BCUT2D eigenvalue weighted by molar-refractivity contribution is -0.125. The smallest absolute Gasteiger partial charge is 0.252 e. The van der Waals surface area contributed by atoms with Crippen LogP contribution in [-0.2, 0) is 16.1 Å². The third-order valence-corrected chi connectivity index (χ3v) is 5.97. The standard InChI is InChI=1S/C26H35N3O6/c1-29-12-10-20(11-13-29)27-26(31)21(17-32-2)28-25(30)19-14-22(33-3)24(23(15-19)34-4)35-16-18-8-6-5-7-9-18/h5-9,14-15,20-21H,10-13,16-17H2,1-4H3,(H,27,31)(H,28,30)/t21-/m0/s1. The molecule has 190 valence electrons. The largest absolute Gasteiger partial charge is 0.493 e. The third-order valence-electron chi connectivity index (χ3n) is 5.97. The van der Waals surface area contributed by atoms with Crippen molar-refractivity contribution in [3.05, 3.63) is 53.6 Å². The molecule has 9 heteroatoms. The lowest BCUT2D eigenvalue weighted by atomic mass is 10.0. The number of methoxy groups -OCH3 is 3. The van der Waals surface area contributed by atoms with Crippen molar-refractivity contribution < 1.29 is 28.5 Å². The first-order valence-corrected chi connectivity index (χ1v) is 11.7. The van der Waals surface area contributed by atoms with Crippen molar-refractivity contribution in [1.29, 1.82) is 0 Å². The molecule has 1 aliphatic heterocycles. The lowest BCUT2D eigenvalue weighted by Gasteiger charge is -2.30. The van der Waals surface area contributed by atoms with Crippen LogP contribution in [0.5, 0.6) is 17.2 Å². The topological polar surface area (TPSA) is 98.4 Å². The van der Waals surface area contributed by atoms with E-state index in [4.69, 9.17) is 18.9 Å². The van der Waals surface area contributed by atoms with E-state index >= 15 is 0 Å². The summed E-state index contributed by atoms with van der Waals surface area (Å²) in [5, 5.41) is 5.81. The molecule has 35 heavy (non-hydrogen) atoms. The lowest BCUT2D eigenvalue weighted by Crippen LogP contribution is -2.53. The Morgan fingerprint density at radius 2 is 1.66 bits per heavy atom. The fourth-order valence-electron chi connectivity index (χ4n) is 3.93. The molecule has 0 radical (unpaired) electrons. The molecule has 2 aromatic rings. The Bertz CT molecular complexity index is 951. The summed E-state index contributed by atoms with van der Waals surface area (Å²) in [6.07, 6.45) is 1.74. The predicted octanol–water partition coefficient (Wildman–Crippen LogP) is 2.24. The van der Waals surface area contributed by atoms with Gasteiger partial charge in [-0.1, -0.05) is 30.3 Å². The van der Waals surface area contributed by atoms with Gasteiger partial charge in [0, 0.05) is 18.7 Å². The van der Waals surface area contributed by atoms with Crippen molar-refractivity contribution >= 4 is 11.8 Å². The molecule has 3 rings (SSSR count). The van der Waals surface area contributed by atoms with Crippen molar-refractivity contribution in [2.75, 3.05) is 48.1 Å². The van der Waals surface area contributed by atoms with Crippen molar-refractivity contribution in [2.45, 2.75) is 31.5 Å². The second-order valence-electron chi connectivity index (χ2n) is 8.55. The van der Waals surface area contributed by atoms with Crippen LogP contribution in [0.4, 0.5) is 0 Å². The highest BCUT2D eigenvalue weighted by molar-refractivity contribution is 5.98. The first kappa shape index (κ1) is 26.3. The van der Waals surface area contributed by atoms with Crippen molar-refractivity contribution in [1.82, 2.24) is 15.5 Å². The van der Waals surface area contributed by atoms with Gasteiger partial charge >= 0.3 is 0 Å². The number of piperidine rings is 1. The van der Waals surface area contributed by atoms with Crippen LogP contribution in [0.25, 0.3) is 0 Å². The van der Waals surface area contributed by atoms with Gasteiger partial charge in [-0.15, -0.1) is 0 Å². The Kier molecular flexibility index (Phi) is 9.75. The first-order valence-electron chi connectivity index (χ1n) is 11.7. The van der Waals surface area contributed by atoms with E-state index in [1.807, 2.05) is 30.3 Å². The number of ether oxygens (including phenoxy) is 4. The van der Waals surface area contributed by atoms with Crippen LogP contribution in [0.15, 0.2) is 42.5 Å². The van der Waals surface area contributed by atoms with Crippen LogP contribution in [-0.4, -0.2) is 76.9 Å². The number of carbonyl (C=O) groups is 2. The molecule has 0 spiro atoms. The average Bonchev–Trinajstić information content (AvgIpc) is 2.88. The zero-order valence-electron chi connectivity index (χ0n) is 20.8. The quantitative estimate of drug-likeness (QED) is 0.504. The summed E-state index contributed by atoms with van der Waals surface area (Å²) >= 11 is 0. The summed E-state index contributed by atoms with van der Waals surface area (Å²) in [7, 11) is 6.54. The molecule has 0 saturated carbocycles. The number of likely N-dealkylation sites (tertiary alicyclic amines) is 1. The molecular formula is C26H35N3O6. The number of nitrogens with one attached hydrogen (secondary N) is 2. The summed E-state index contributed by atoms with van der Waals surface area (Å²) in [6.45, 7) is 2.21. The maximum Gasteiger partial charge on any atom is 0.252 e. The molecule has 1 heterocycles. The van der Waals surface area contributed by atoms with E-state index in [9.17, 15) is 9.59 Å². The Balaban J connectivity index is 1.71. The van der Waals surface area contributed by atoms with Crippen LogP contribution in [0.2, 0.25) is 0 Å². The van der Waals surface area contributed by atoms with Gasteiger partial charge in [-0.3, -0.25) is 9.59 Å². The second kappa shape index (κ2) is 13.0. The monoisotopic (exact) mass is 485 g/mol. The summed E-state index contributed by atoms with van der Waals surface area (Å²) in [6, 6.07) is 12.1. The molecule has 0 aromatic heterocycles. The van der Waals surface area contributed by atoms with Gasteiger partial charge < -0.3 is 34.5 Å². The van der Waals surface area contributed by atoms with Crippen LogP contribution >= 0.6 is 0 Å². The van der Waals surface area contributed by atoms with Crippen LogP contribution in [0.3, 0.4) is 0 Å². The van der Waals surface area contributed by atoms with Gasteiger partial charge in [0.05, 0.1) is 20.8 Å². The van der Waals surface area contributed by atoms with Gasteiger partial charge in [0.1, 0.15) is 12.6 Å². The van der Waals surface area contributed by atoms with E-state index in [2.05, 4.69) is 22.6 Å². The molecule has 2 amide bonds. The van der Waals surface area contributed by atoms with E-state index in [0.29, 0.717) is 23.9 Å². The Hall–Kier alpha value is -3.30. The molecule has 1 atom stereocenters. The van der Waals surface area contributed by atoms with Gasteiger partial charge in [0.2, 0.25) is 11.7 Å². The summed E-state index contributed by atoms with van der Waals surface area (Å²) in [5.41, 5.74) is 1.26.